The van der Waals surface area contributed by atoms with Crippen LogP contribution in [-0.2, 0) is 11.3 Å². The number of amides is 1. The van der Waals surface area contributed by atoms with Crippen LogP contribution in [0.2, 0.25) is 0 Å². The van der Waals surface area contributed by atoms with Crippen molar-refractivity contribution >= 4 is 5.91 Å². The Balaban J connectivity index is 1.61. The summed E-state index contributed by atoms with van der Waals surface area (Å²) in [5.74, 6) is 1.12. The van der Waals surface area contributed by atoms with Gasteiger partial charge < -0.3 is 15.4 Å². The molecule has 20 heavy (non-hydrogen) atoms. The first-order chi connectivity index (χ1) is 9.79. The monoisotopic (exact) mass is 276 g/mol. The van der Waals surface area contributed by atoms with E-state index >= 15 is 0 Å². The summed E-state index contributed by atoms with van der Waals surface area (Å²) in [6.45, 7) is 4.29. The second-order valence-electron chi connectivity index (χ2n) is 5.16. The minimum Gasteiger partial charge on any atom is -0.494 e. The first kappa shape index (κ1) is 14.9. The van der Waals surface area contributed by atoms with Gasteiger partial charge in [0.1, 0.15) is 5.75 Å². The molecule has 1 aromatic rings. The second-order valence-corrected chi connectivity index (χ2v) is 5.16. The summed E-state index contributed by atoms with van der Waals surface area (Å²) in [5, 5.41) is 6.37. The summed E-state index contributed by atoms with van der Waals surface area (Å²) in [7, 11) is 0. The van der Waals surface area contributed by atoms with Crippen LogP contribution < -0.4 is 15.4 Å². The van der Waals surface area contributed by atoms with E-state index in [1.807, 2.05) is 25.1 Å². The largest absolute Gasteiger partial charge is 0.494 e. The zero-order valence-electron chi connectivity index (χ0n) is 12.2. The molecule has 0 atom stereocenters. The molecule has 1 saturated carbocycles. The van der Waals surface area contributed by atoms with E-state index in [1.54, 1.807) is 0 Å². The number of ether oxygens (including phenoxy) is 1. The number of hydrogen-bond acceptors (Lipinski definition) is 3. The smallest absolute Gasteiger partial charge is 0.220 e. The topological polar surface area (TPSA) is 50.4 Å². The van der Waals surface area contributed by atoms with E-state index in [-0.39, 0.29) is 5.91 Å². The number of rotatable bonds is 9. The predicted octanol–water partition coefficient (Wildman–Crippen LogP) is 2.23. The van der Waals surface area contributed by atoms with Crippen molar-refractivity contribution < 1.29 is 9.53 Å². The molecular weight excluding hydrogens is 252 g/mol. The van der Waals surface area contributed by atoms with E-state index in [9.17, 15) is 4.79 Å². The summed E-state index contributed by atoms with van der Waals surface area (Å²) in [6.07, 6.45) is 3.78. The minimum atomic E-state index is 0.184. The summed E-state index contributed by atoms with van der Waals surface area (Å²) >= 11 is 0. The maximum atomic E-state index is 11.5. The Bertz CT molecular complexity index is 430. The fraction of sp³-hybridized carbons (Fsp3) is 0.562. The molecule has 1 fully saturated rings. The van der Waals surface area contributed by atoms with Gasteiger partial charge in [0.05, 0.1) is 6.61 Å². The van der Waals surface area contributed by atoms with Gasteiger partial charge in [-0.15, -0.1) is 0 Å². The molecule has 1 amide bonds. The number of carbonyl (C=O) groups is 1. The molecule has 0 spiro atoms. The SMILES string of the molecule is CCOc1ccccc1CNCCCC(=O)NC1CC1. The maximum absolute atomic E-state index is 11.5. The van der Waals surface area contributed by atoms with Crippen LogP contribution in [0.1, 0.15) is 38.2 Å². The van der Waals surface area contributed by atoms with Crippen molar-refractivity contribution in [1.82, 2.24) is 10.6 Å². The summed E-state index contributed by atoms with van der Waals surface area (Å²) < 4.78 is 5.58. The predicted molar refractivity (Wildman–Crippen MR) is 79.7 cm³/mol. The van der Waals surface area contributed by atoms with E-state index in [1.165, 1.54) is 0 Å². The van der Waals surface area contributed by atoms with Crippen LogP contribution in [0.15, 0.2) is 24.3 Å². The third kappa shape index (κ3) is 5.21. The van der Waals surface area contributed by atoms with Gasteiger partial charge in [-0.3, -0.25) is 4.79 Å². The number of hydrogen-bond donors (Lipinski definition) is 2. The van der Waals surface area contributed by atoms with Crippen LogP contribution in [0.25, 0.3) is 0 Å². The number of carbonyl (C=O) groups excluding carboxylic acids is 1. The highest BCUT2D eigenvalue weighted by Crippen LogP contribution is 2.19. The van der Waals surface area contributed by atoms with E-state index in [0.29, 0.717) is 19.1 Å². The number of benzene rings is 1. The van der Waals surface area contributed by atoms with Crippen LogP contribution in [0.4, 0.5) is 0 Å². The first-order valence-electron chi connectivity index (χ1n) is 7.50. The Morgan fingerprint density at radius 2 is 2.15 bits per heavy atom. The van der Waals surface area contributed by atoms with Crippen molar-refractivity contribution in [1.29, 1.82) is 0 Å². The highest BCUT2D eigenvalue weighted by molar-refractivity contribution is 5.76. The molecule has 0 aliphatic heterocycles. The Morgan fingerprint density at radius 3 is 2.90 bits per heavy atom. The average Bonchev–Trinajstić information content (AvgIpc) is 3.24. The molecule has 0 saturated heterocycles. The quantitative estimate of drug-likeness (QED) is 0.680. The van der Waals surface area contributed by atoms with Gasteiger partial charge in [-0.05, 0) is 38.8 Å². The van der Waals surface area contributed by atoms with Crippen LogP contribution in [-0.4, -0.2) is 25.1 Å². The molecule has 1 aliphatic rings. The van der Waals surface area contributed by atoms with Crippen molar-refractivity contribution in [2.24, 2.45) is 0 Å². The van der Waals surface area contributed by atoms with Crippen molar-refractivity contribution in [3.63, 3.8) is 0 Å². The van der Waals surface area contributed by atoms with Gasteiger partial charge in [-0.25, -0.2) is 0 Å². The molecule has 0 bridgehead atoms. The van der Waals surface area contributed by atoms with Gasteiger partial charge in [0.2, 0.25) is 5.91 Å². The lowest BCUT2D eigenvalue weighted by Gasteiger charge is -2.10. The van der Waals surface area contributed by atoms with Crippen molar-refractivity contribution in [2.45, 2.75) is 45.2 Å². The molecule has 0 unspecified atom stereocenters. The number of para-hydroxylation sites is 1. The third-order valence-corrected chi connectivity index (χ3v) is 3.29. The molecular formula is C16H24N2O2. The molecule has 0 heterocycles. The van der Waals surface area contributed by atoms with E-state index in [2.05, 4.69) is 16.7 Å². The summed E-state index contributed by atoms with van der Waals surface area (Å²) in [6, 6.07) is 8.52. The average molecular weight is 276 g/mol. The van der Waals surface area contributed by atoms with Crippen LogP contribution in [0.3, 0.4) is 0 Å². The van der Waals surface area contributed by atoms with Gasteiger partial charge in [-0.1, -0.05) is 18.2 Å². The fourth-order valence-electron chi connectivity index (χ4n) is 2.07. The van der Waals surface area contributed by atoms with Gasteiger partial charge in [0.25, 0.3) is 0 Å². The molecule has 2 N–H and O–H groups in total. The second kappa shape index (κ2) is 7.90. The lowest BCUT2D eigenvalue weighted by Crippen LogP contribution is -2.26. The standard InChI is InChI=1S/C16H24N2O2/c1-2-20-15-7-4-3-6-13(15)12-17-11-5-8-16(19)18-14-9-10-14/h3-4,6-7,14,17H,2,5,8-12H2,1H3,(H,18,19). The molecule has 2 rings (SSSR count). The Kier molecular flexibility index (Phi) is 5.87. The molecule has 0 radical (unpaired) electrons. The highest BCUT2D eigenvalue weighted by Gasteiger charge is 2.22. The van der Waals surface area contributed by atoms with Gasteiger partial charge >= 0.3 is 0 Å². The van der Waals surface area contributed by atoms with Gasteiger partial charge in [0, 0.05) is 24.6 Å². The summed E-state index contributed by atoms with van der Waals surface area (Å²) in [5.41, 5.74) is 1.16. The fourth-order valence-corrected chi connectivity index (χ4v) is 2.07. The van der Waals surface area contributed by atoms with E-state index in [0.717, 1.165) is 43.7 Å². The molecule has 1 aliphatic carbocycles. The highest BCUT2D eigenvalue weighted by atomic mass is 16.5. The van der Waals surface area contributed by atoms with Crippen LogP contribution in [0, 0.1) is 0 Å². The van der Waals surface area contributed by atoms with Crippen LogP contribution >= 0.6 is 0 Å². The Hall–Kier alpha value is -1.55. The van der Waals surface area contributed by atoms with Gasteiger partial charge in [0.15, 0.2) is 0 Å². The van der Waals surface area contributed by atoms with Crippen LogP contribution in [0.5, 0.6) is 5.75 Å². The van der Waals surface area contributed by atoms with E-state index < -0.39 is 0 Å². The molecule has 0 aromatic heterocycles. The zero-order chi connectivity index (χ0) is 14.2. The Morgan fingerprint density at radius 1 is 1.35 bits per heavy atom. The van der Waals surface area contributed by atoms with Gasteiger partial charge in [-0.2, -0.15) is 0 Å². The molecule has 110 valence electrons. The lowest BCUT2D eigenvalue weighted by atomic mass is 10.2. The zero-order valence-corrected chi connectivity index (χ0v) is 12.2. The minimum absolute atomic E-state index is 0.184. The summed E-state index contributed by atoms with van der Waals surface area (Å²) in [4.78, 5) is 11.5. The van der Waals surface area contributed by atoms with Crippen molar-refractivity contribution in [3.05, 3.63) is 29.8 Å². The Labute approximate surface area is 120 Å². The van der Waals surface area contributed by atoms with Crippen molar-refractivity contribution in [3.8, 4) is 5.75 Å². The molecule has 4 nitrogen and oxygen atoms in total. The molecule has 1 aromatic carbocycles. The maximum Gasteiger partial charge on any atom is 0.220 e. The molecule has 4 heteroatoms. The van der Waals surface area contributed by atoms with Crippen molar-refractivity contribution in [2.75, 3.05) is 13.2 Å². The third-order valence-electron chi connectivity index (χ3n) is 3.29. The number of nitrogens with one attached hydrogen (secondary N) is 2. The first-order valence-corrected chi connectivity index (χ1v) is 7.50. The van der Waals surface area contributed by atoms with E-state index in [4.69, 9.17) is 4.74 Å². The normalized spacial score (nSPS) is 14.1. The lowest BCUT2D eigenvalue weighted by molar-refractivity contribution is -0.121.